The maximum absolute atomic E-state index is 12.6. The van der Waals surface area contributed by atoms with Crippen molar-refractivity contribution in [3.05, 3.63) is 120 Å². The molecule has 0 atom stereocenters. The van der Waals surface area contributed by atoms with Gasteiger partial charge in [-0.3, -0.25) is 4.72 Å². The lowest BCUT2D eigenvalue weighted by Gasteiger charge is -2.11. The van der Waals surface area contributed by atoms with E-state index in [1.165, 1.54) is 5.56 Å². The van der Waals surface area contributed by atoms with Crippen molar-refractivity contribution < 1.29 is 8.42 Å². The highest BCUT2D eigenvalue weighted by atomic mass is 32.2. The van der Waals surface area contributed by atoms with Crippen molar-refractivity contribution in [2.75, 3.05) is 10.5 Å². The molecule has 0 bridgehead atoms. The summed E-state index contributed by atoms with van der Waals surface area (Å²) in [7, 11) is -3.45. The third-order valence-corrected chi connectivity index (χ3v) is 7.05. The van der Waals surface area contributed by atoms with Gasteiger partial charge in [-0.25, -0.2) is 13.4 Å². The molecule has 0 aliphatic rings. The average Bonchev–Trinajstić information content (AvgIpc) is 3.23. The second-order valence-electron chi connectivity index (χ2n) is 8.23. The third kappa shape index (κ3) is 5.02. The van der Waals surface area contributed by atoms with Crippen LogP contribution in [0.3, 0.4) is 0 Å². The highest BCUT2D eigenvalue weighted by Gasteiger charge is 2.14. The van der Waals surface area contributed by atoms with E-state index in [0.29, 0.717) is 18.7 Å². The summed E-state index contributed by atoms with van der Waals surface area (Å²) in [6, 6.07) is 35.4. The van der Waals surface area contributed by atoms with Crippen LogP contribution < -0.4 is 4.72 Å². The minimum absolute atomic E-state index is 0.0334. The van der Waals surface area contributed by atoms with Crippen molar-refractivity contribution in [1.82, 2.24) is 9.55 Å². The van der Waals surface area contributed by atoms with Crippen LogP contribution in [0.25, 0.3) is 22.4 Å². The number of para-hydroxylation sites is 2. The Morgan fingerprint density at radius 2 is 1.32 bits per heavy atom. The summed E-state index contributed by atoms with van der Waals surface area (Å²) in [5, 5.41) is 0. The van der Waals surface area contributed by atoms with Gasteiger partial charge in [-0.15, -0.1) is 0 Å². The van der Waals surface area contributed by atoms with Crippen molar-refractivity contribution in [3.63, 3.8) is 0 Å². The van der Waals surface area contributed by atoms with Gasteiger partial charge in [-0.2, -0.15) is 0 Å². The summed E-state index contributed by atoms with van der Waals surface area (Å²) in [5.41, 5.74) is 5.66. The van der Waals surface area contributed by atoms with Crippen molar-refractivity contribution >= 4 is 26.7 Å². The highest BCUT2D eigenvalue weighted by molar-refractivity contribution is 7.92. The number of hydrogen-bond acceptors (Lipinski definition) is 3. The summed E-state index contributed by atoms with van der Waals surface area (Å²) in [5.74, 6) is 0.884. The van der Waals surface area contributed by atoms with Gasteiger partial charge in [0.2, 0.25) is 10.0 Å². The van der Waals surface area contributed by atoms with Gasteiger partial charge in [0.15, 0.2) is 0 Å². The molecule has 0 amide bonds. The predicted molar refractivity (Wildman–Crippen MR) is 138 cm³/mol. The lowest BCUT2D eigenvalue weighted by Crippen LogP contribution is -2.18. The molecule has 0 spiro atoms. The Hall–Kier alpha value is -3.90. The van der Waals surface area contributed by atoms with Crippen LogP contribution in [-0.4, -0.2) is 23.7 Å². The molecule has 0 saturated heterocycles. The van der Waals surface area contributed by atoms with Crippen LogP contribution in [-0.2, 0) is 23.0 Å². The zero-order chi connectivity index (χ0) is 23.4. The number of hydrogen-bond donors (Lipinski definition) is 1. The summed E-state index contributed by atoms with van der Waals surface area (Å²) in [6.07, 6.45) is 0.470. The molecule has 5 nitrogen and oxygen atoms in total. The van der Waals surface area contributed by atoms with E-state index in [2.05, 4.69) is 27.5 Å². The van der Waals surface area contributed by atoms with E-state index in [4.69, 9.17) is 4.98 Å². The first-order valence-corrected chi connectivity index (χ1v) is 12.9. The normalized spacial score (nSPS) is 11.5. The topological polar surface area (TPSA) is 64.0 Å². The molecule has 1 aromatic heterocycles. The Morgan fingerprint density at radius 3 is 2.03 bits per heavy atom. The maximum Gasteiger partial charge on any atom is 0.233 e. The Kier molecular flexibility index (Phi) is 6.14. The smallest absolute Gasteiger partial charge is 0.233 e. The Bertz CT molecular complexity index is 1490. The fourth-order valence-corrected chi connectivity index (χ4v) is 5.14. The zero-order valence-corrected chi connectivity index (χ0v) is 19.4. The number of aromatic nitrogens is 2. The van der Waals surface area contributed by atoms with Crippen LogP contribution in [0.2, 0.25) is 0 Å². The van der Waals surface area contributed by atoms with Crippen molar-refractivity contribution in [2.45, 2.75) is 13.0 Å². The molecule has 1 heterocycles. The first kappa shape index (κ1) is 21.9. The number of nitrogens with zero attached hydrogens (tertiary/aromatic N) is 2. The second kappa shape index (κ2) is 9.53. The second-order valence-corrected chi connectivity index (χ2v) is 10.1. The molecule has 0 saturated carbocycles. The number of imidazole rings is 1. The molecule has 5 aromatic rings. The van der Waals surface area contributed by atoms with E-state index < -0.39 is 10.0 Å². The van der Waals surface area contributed by atoms with Crippen molar-refractivity contribution in [3.8, 4) is 11.4 Å². The number of rotatable bonds is 8. The quantitative estimate of drug-likeness (QED) is 0.317. The Balaban J connectivity index is 1.38. The molecule has 0 aliphatic heterocycles. The Morgan fingerprint density at radius 1 is 0.706 bits per heavy atom. The molecular weight excluding hydrogens is 442 g/mol. The summed E-state index contributed by atoms with van der Waals surface area (Å²) >= 11 is 0. The van der Waals surface area contributed by atoms with Crippen molar-refractivity contribution in [1.29, 1.82) is 0 Å². The molecule has 0 unspecified atom stereocenters. The molecule has 170 valence electrons. The number of anilines is 1. The summed E-state index contributed by atoms with van der Waals surface area (Å²) in [6.45, 7) is 0.699. The van der Waals surface area contributed by atoms with Gasteiger partial charge in [0.25, 0.3) is 0 Å². The minimum atomic E-state index is -3.45. The standard InChI is InChI=1S/C28H25N3O2S/c32-34(33,20-19-22-9-3-1-4-10-22)30-25-17-15-24(16-18-25)28-29-26-13-7-8-14-27(26)31(28)21-23-11-5-2-6-12-23/h1-18,30H,19-21H2. The molecule has 0 radical (unpaired) electrons. The van der Waals surface area contributed by atoms with E-state index in [-0.39, 0.29) is 5.75 Å². The number of nitrogens with one attached hydrogen (secondary N) is 1. The van der Waals surface area contributed by atoms with Gasteiger partial charge in [-0.1, -0.05) is 72.8 Å². The van der Waals surface area contributed by atoms with Crippen LogP contribution in [0.1, 0.15) is 11.1 Å². The van der Waals surface area contributed by atoms with Crippen molar-refractivity contribution in [2.24, 2.45) is 0 Å². The first-order chi connectivity index (χ1) is 16.6. The lowest BCUT2D eigenvalue weighted by molar-refractivity contribution is 0.600. The molecule has 0 aliphatic carbocycles. The van der Waals surface area contributed by atoms with Gasteiger partial charge in [0.1, 0.15) is 5.82 Å². The number of aryl methyl sites for hydroxylation is 1. The van der Waals surface area contributed by atoms with Crippen LogP contribution >= 0.6 is 0 Å². The van der Waals surface area contributed by atoms with Crippen LogP contribution in [0.5, 0.6) is 0 Å². The number of sulfonamides is 1. The maximum atomic E-state index is 12.6. The number of benzene rings is 4. The predicted octanol–water partition coefficient (Wildman–Crippen LogP) is 5.74. The van der Waals surface area contributed by atoms with E-state index in [1.807, 2.05) is 78.9 Å². The summed E-state index contributed by atoms with van der Waals surface area (Å²) < 4.78 is 30.0. The SMILES string of the molecule is O=S(=O)(CCc1ccccc1)Nc1ccc(-c2nc3ccccc3n2Cc2ccccc2)cc1. The van der Waals surface area contributed by atoms with Gasteiger partial charge >= 0.3 is 0 Å². The monoisotopic (exact) mass is 467 g/mol. The molecule has 34 heavy (non-hydrogen) atoms. The van der Waals surface area contributed by atoms with Gasteiger partial charge in [0.05, 0.1) is 16.8 Å². The molecular formula is C28H25N3O2S. The molecule has 6 heteroatoms. The zero-order valence-electron chi connectivity index (χ0n) is 18.6. The average molecular weight is 468 g/mol. The highest BCUT2D eigenvalue weighted by Crippen LogP contribution is 2.27. The molecule has 5 rings (SSSR count). The van der Waals surface area contributed by atoms with E-state index in [9.17, 15) is 8.42 Å². The third-order valence-electron chi connectivity index (χ3n) is 5.76. The van der Waals surface area contributed by atoms with E-state index in [0.717, 1.165) is 28.0 Å². The largest absolute Gasteiger partial charge is 0.319 e. The number of fused-ring (bicyclic) bond motifs is 1. The molecule has 1 N–H and O–H groups in total. The van der Waals surface area contributed by atoms with Gasteiger partial charge in [-0.05, 0) is 53.9 Å². The molecule has 0 fully saturated rings. The van der Waals surface area contributed by atoms with Gasteiger partial charge in [0, 0.05) is 17.8 Å². The minimum Gasteiger partial charge on any atom is -0.319 e. The fraction of sp³-hybridized carbons (Fsp3) is 0.107. The summed E-state index contributed by atoms with van der Waals surface area (Å²) in [4.78, 5) is 4.87. The fourth-order valence-electron chi connectivity index (χ4n) is 4.04. The van der Waals surface area contributed by atoms with Crippen LogP contribution in [0, 0.1) is 0 Å². The van der Waals surface area contributed by atoms with E-state index in [1.54, 1.807) is 12.1 Å². The van der Waals surface area contributed by atoms with Crippen LogP contribution in [0.15, 0.2) is 109 Å². The molecule has 4 aromatic carbocycles. The van der Waals surface area contributed by atoms with Crippen LogP contribution in [0.4, 0.5) is 5.69 Å². The first-order valence-electron chi connectivity index (χ1n) is 11.2. The Labute approximate surface area is 199 Å². The van der Waals surface area contributed by atoms with E-state index >= 15 is 0 Å². The lowest BCUT2D eigenvalue weighted by atomic mass is 10.2. The van der Waals surface area contributed by atoms with Gasteiger partial charge < -0.3 is 4.57 Å².